The van der Waals surface area contributed by atoms with Crippen molar-refractivity contribution >= 4 is 5.69 Å². The molecule has 98 valence electrons. The van der Waals surface area contributed by atoms with Gasteiger partial charge < -0.3 is 5.11 Å². The number of aliphatic hydroxyl groups is 1. The van der Waals surface area contributed by atoms with Crippen molar-refractivity contribution in [1.29, 1.82) is 0 Å². The van der Waals surface area contributed by atoms with Crippen LogP contribution in [0, 0.1) is 17.0 Å². The highest BCUT2D eigenvalue weighted by Crippen LogP contribution is 2.21. The fourth-order valence-electron chi connectivity index (χ4n) is 1.60. The molecule has 6 heteroatoms. The fourth-order valence-corrected chi connectivity index (χ4v) is 1.60. The lowest BCUT2D eigenvalue weighted by Crippen LogP contribution is -2.35. The molecule has 0 unspecified atom stereocenters. The SMILES string of the molecule is Cc1ccccc1/N=N/C1C=CC(O)([N+](=O)[O-])C=C1. The van der Waals surface area contributed by atoms with Crippen LogP contribution in [0.4, 0.5) is 5.69 Å². The average Bonchev–Trinajstić information content (AvgIpc) is 2.40. The van der Waals surface area contributed by atoms with Gasteiger partial charge in [-0.2, -0.15) is 10.2 Å². The van der Waals surface area contributed by atoms with Crippen molar-refractivity contribution in [2.24, 2.45) is 10.2 Å². The number of nitro groups is 1. The van der Waals surface area contributed by atoms with Crippen molar-refractivity contribution in [3.05, 3.63) is 64.2 Å². The summed E-state index contributed by atoms with van der Waals surface area (Å²) in [5.41, 5.74) is -0.384. The number of hydrogen-bond donors (Lipinski definition) is 1. The van der Waals surface area contributed by atoms with Gasteiger partial charge in [-0.3, -0.25) is 10.1 Å². The van der Waals surface area contributed by atoms with Crippen molar-refractivity contribution in [2.45, 2.75) is 18.7 Å². The molecule has 0 radical (unpaired) electrons. The maximum absolute atomic E-state index is 10.6. The molecule has 1 aromatic rings. The second kappa shape index (κ2) is 5.11. The lowest BCUT2D eigenvalue weighted by molar-refractivity contribution is -0.591. The lowest BCUT2D eigenvalue weighted by Gasteiger charge is -2.15. The van der Waals surface area contributed by atoms with Gasteiger partial charge in [0.05, 0.1) is 10.6 Å². The van der Waals surface area contributed by atoms with Crippen LogP contribution in [0.5, 0.6) is 0 Å². The highest BCUT2D eigenvalue weighted by Gasteiger charge is 2.36. The molecule has 0 aliphatic heterocycles. The van der Waals surface area contributed by atoms with E-state index in [1.54, 1.807) is 0 Å². The Morgan fingerprint density at radius 3 is 2.53 bits per heavy atom. The summed E-state index contributed by atoms with van der Waals surface area (Å²) in [4.78, 5) is 9.84. The van der Waals surface area contributed by atoms with Gasteiger partial charge in [-0.05, 0) is 30.7 Å². The van der Waals surface area contributed by atoms with Gasteiger partial charge in [-0.15, -0.1) is 0 Å². The van der Waals surface area contributed by atoms with Gasteiger partial charge in [0.15, 0.2) is 0 Å². The van der Waals surface area contributed by atoms with Crippen LogP contribution in [0.25, 0.3) is 0 Å². The average molecular weight is 259 g/mol. The Hall–Kier alpha value is -2.34. The molecule has 0 heterocycles. The summed E-state index contributed by atoms with van der Waals surface area (Å²) in [7, 11) is 0. The summed E-state index contributed by atoms with van der Waals surface area (Å²) >= 11 is 0. The van der Waals surface area contributed by atoms with Gasteiger partial charge in [0.1, 0.15) is 6.04 Å². The van der Waals surface area contributed by atoms with E-state index in [1.807, 2.05) is 31.2 Å². The van der Waals surface area contributed by atoms with Gasteiger partial charge in [-0.1, -0.05) is 18.2 Å². The predicted octanol–water partition coefficient (Wildman–Crippen LogP) is 2.54. The zero-order valence-electron chi connectivity index (χ0n) is 10.3. The lowest BCUT2D eigenvalue weighted by atomic mass is 10.1. The van der Waals surface area contributed by atoms with E-state index in [0.717, 1.165) is 23.4 Å². The van der Waals surface area contributed by atoms with Crippen LogP contribution in [0.3, 0.4) is 0 Å². The first-order valence-corrected chi connectivity index (χ1v) is 5.73. The van der Waals surface area contributed by atoms with E-state index in [2.05, 4.69) is 10.2 Å². The summed E-state index contributed by atoms with van der Waals surface area (Å²) in [5.74, 6) is 0. The summed E-state index contributed by atoms with van der Waals surface area (Å²) in [6.07, 6.45) is 5.11. The molecule has 0 saturated carbocycles. The van der Waals surface area contributed by atoms with E-state index in [-0.39, 0.29) is 0 Å². The van der Waals surface area contributed by atoms with Gasteiger partial charge in [0.2, 0.25) is 0 Å². The molecule has 0 amide bonds. The van der Waals surface area contributed by atoms with Crippen molar-refractivity contribution in [2.75, 3.05) is 0 Å². The molecule has 1 aliphatic carbocycles. The quantitative estimate of drug-likeness (QED) is 0.297. The van der Waals surface area contributed by atoms with Crippen LogP contribution < -0.4 is 0 Å². The Morgan fingerprint density at radius 2 is 1.95 bits per heavy atom. The third-order valence-electron chi connectivity index (χ3n) is 2.78. The van der Waals surface area contributed by atoms with Crippen molar-refractivity contribution in [3.63, 3.8) is 0 Å². The first kappa shape index (κ1) is 13.1. The molecule has 0 saturated heterocycles. The van der Waals surface area contributed by atoms with Gasteiger partial charge >= 0.3 is 5.72 Å². The predicted molar refractivity (Wildman–Crippen MR) is 69.7 cm³/mol. The Labute approximate surface area is 109 Å². The Kier molecular flexibility index (Phi) is 3.52. The molecule has 0 atom stereocenters. The minimum atomic E-state index is -2.13. The maximum atomic E-state index is 10.6. The largest absolute Gasteiger partial charge is 0.362 e. The van der Waals surface area contributed by atoms with Gasteiger partial charge in [0.25, 0.3) is 0 Å². The monoisotopic (exact) mass is 259 g/mol. The third-order valence-corrected chi connectivity index (χ3v) is 2.78. The molecule has 1 aliphatic rings. The Morgan fingerprint density at radius 1 is 1.32 bits per heavy atom. The van der Waals surface area contributed by atoms with E-state index in [9.17, 15) is 15.2 Å². The first-order chi connectivity index (χ1) is 9.01. The smallest absolute Gasteiger partial charge is 0.324 e. The minimum absolute atomic E-state index is 0.403. The molecule has 1 N–H and O–H groups in total. The van der Waals surface area contributed by atoms with E-state index in [0.29, 0.717) is 0 Å². The normalized spacial score (nSPS) is 25.9. The molecule has 0 spiro atoms. The van der Waals surface area contributed by atoms with Gasteiger partial charge in [0, 0.05) is 12.2 Å². The first-order valence-electron chi connectivity index (χ1n) is 5.73. The van der Waals surface area contributed by atoms with E-state index < -0.39 is 16.7 Å². The van der Waals surface area contributed by atoms with Crippen LogP contribution in [-0.4, -0.2) is 21.8 Å². The van der Waals surface area contributed by atoms with Crippen molar-refractivity contribution in [3.8, 4) is 0 Å². The van der Waals surface area contributed by atoms with E-state index >= 15 is 0 Å². The number of benzene rings is 1. The van der Waals surface area contributed by atoms with Crippen LogP contribution in [0.15, 0.2) is 58.8 Å². The fraction of sp³-hybridized carbons (Fsp3) is 0.231. The molecule has 0 aromatic heterocycles. The van der Waals surface area contributed by atoms with E-state index in [1.165, 1.54) is 12.2 Å². The number of aryl methyl sites for hydroxylation is 1. The number of nitrogens with zero attached hydrogens (tertiary/aromatic N) is 3. The van der Waals surface area contributed by atoms with Gasteiger partial charge in [-0.25, -0.2) is 0 Å². The molecule has 2 rings (SSSR count). The highest BCUT2D eigenvalue weighted by molar-refractivity contribution is 5.44. The summed E-state index contributed by atoms with van der Waals surface area (Å²) in [6.45, 7) is 1.92. The molecular formula is C13H13N3O3. The summed E-state index contributed by atoms with van der Waals surface area (Å²) < 4.78 is 0. The second-order valence-electron chi connectivity index (χ2n) is 4.25. The Balaban J connectivity index is 2.10. The van der Waals surface area contributed by atoms with Crippen LogP contribution in [0.2, 0.25) is 0 Å². The highest BCUT2D eigenvalue weighted by atomic mass is 16.7. The molecule has 6 nitrogen and oxygen atoms in total. The molecular weight excluding hydrogens is 246 g/mol. The maximum Gasteiger partial charge on any atom is 0.362 e. The summed E-state index contributed by atoms with van der Waals surface area (Å²) in [5, 5.41) is 28.3. The number of azo groups is 1. The molecule has 0 bridgehead atoms. The second-order valence-corrected chi connectivity index (χ2v) is 4.25. The van der Waals surface area contributed by atoms with Crippen LogP contribution >= 0.6 is 0 Å². The summed E-state index contributed by atoms with van der Waals surface area (Å²) in [6, 6.07) is 7.13. The van der Waals surface area contributed by atoms with Crippen molar-refractivity contribution in [1.82, 2.24) is 0 Å². The third kappa shape index (κ3) is 2.92. The zero-order valence-corrected chi connectivity index (χ0v) is 10.3. The van der Waals surface area contributed by atoms with E-state index in [4.69, 9.17) is 0 Å². The van der Waals surface area contributed by atoms with Crippen molar-refractivity contribution < 1.29 is 10.0 Å². The molecule has 0 fully saturated rings. The molecule has 1 aromatic carbocycles. The zero-order chi connectivity index (χ0) is 13.9. The number of hydrogen-bond acceptors (Lipinski definition) is 5. The van der Waals surface area contributed by atoms with Crippen LogP contribution in [0.1, 0.15) is 5.56 Å². The number of rotatable bonds is 3. The minimum Gasteiger partial charge on any atom is -0.324 e. The molecule has 19 heavy (non-hydrogen) atoms. The topological polar surface area (TPSA) is 88.1 Å². The standard InChI is InChI=1S/C13H13N3O3/c1-10-4-2-3-5-12(10)15-14-11-6-8-13(17,9-7-11)16(18)19/h2-9,11,17H,1H3/b15-14+. The Bertz CT molecular complexity index is 564. The van der Waals surface area contributed by atoms with Crippen LogP contribution in [-0.2, 0) is 0 Å².